The largest absolute Gasteiger partial charge is 0.416 e. The smallest absolute Gasteiger partial charge is 0.308 e. The molecule has 5 aromatic carbocycles. The van der Waals surface area contributed by atoms with Crippen molar-refractivity contribution in [1.29, 1.82) is 0 Å². The molecule has 0 atom stereocenters. The number of rotatable bonds is 0. The molecule has 4 aromatic heterocycles. The zero-order valence-electron chi connectivity index (χ0n) is 23.4. The van der Waals surface area contributed by atoms with Crippen LogP contribution in [-0.4, -0.2) is 8.80 Å². The Morgan fingerprint density at radius 1 is 0.312 bits per heavy atom. The molecule has 2 nitrogen and oxygen atoms in total. The van der Waals surface area contributed by atoms with Crippen LogP contribution in [0.2, 0.25) is 0 Å². The van der Waals surface area contributed by atoms with Crippen LogP contribution in [-0.2, 0) is 24.7 Å². The van der Waals surface area contributed by atoms with Crippen LogP contribution in [0.5, 0.6) is 0 Å². The molecule has 0 radical (unpaired) electrons. The van der Waals surface area contributed by atoms with E-state index in [-0.39, 0.29) is 76.2 Å². The predicted molar refractivity (Wildman–Crippen MR) is 156 cm³/mol. The van der Waals surface area contributed by atoms with Gasteiger partial charge in [0.05, 0.1) is 55.4 Å². The zero-order chi connectivity index (χ0) is 34.0. The summed E-state index contributed by atoms with van der Waals surface area (Å²) in [4.78, 5) is 0. The highest BCUT2D eigenvalue weighted by Crippen LogP contribution is 2.53. The highest BCUT2D eigenvalue weighted by molar-refractivity contribution is 6.45. The first-order chi connectivity index (χ1) is 22.4. The van der Waals surface area contributed by atoms with Gasteiger partial charge in [-0.2, -0.15) is 52.7 Å². The van der Waals surface area contributed by atoms with E-state index in [2.05, 4.69) is 0 Å². The summed E-state index contributed by atoms with van der Waals surface area (Å²) in [6.07, 6.45) is -19.3. The molecule has 9 aromatic rings. The summed E-state index contributed by atoms with van der Waals surface area (Å²) in [7, 11) is 0. The van der Waals surface area contributed by atoms with Gasteiger partial charge in [-0.25, -0.2) is 0 Å². The highest BCUT2D eigenvalue weighted by atomic mass is 19.4. The van der Waals surface area contributed by atoms with Crippen LogP contribution in [0.25, 0.3) is 76.2 Å². The molecular formula is C34H12F12N2. The Morgan fingerprint density at radius 3 is 0.938 bits per heavy atom. The second kappa shape index (κ2) is 8.47. The van der Waals surface area contributed by atoms with Crippen molar-refractivity contribution in [3.8, 4) is 0 Å². The molecule has 4 heterocycles. The van der Waals surface area contributed by atoms with Gasteiger partial charge < -0.3 is 8.80 Å². The van der Waals surface area contributed by atoms with Gasteiger partial charge in [-0.05, 0) is 60.7 Å². The zero-order valence-corrected chi connectivity index (χ0v) is 23.4. The second-order valence-corrected chi connectivity index (χ2v) is 11.8. The van der Waals surface area contributed by atoms with E-state index in [0.29, 0.717) is 0 Å². The van der Waals surface area contributed by atoms with Gasteiger partial charge in [0.1, 0.15) is 0 Å². The van der Waals surface area contributed by atoms with Crippen molar-refractivity contribution in [2.24, 2.45) is 0 Å². The van der Waals surface area contributed by atoms with Gasteiger partial charge in [0.25, 0.3) is 0 Å². The Morgan fingerprint density at radius 2 is 0.604 bits per heavy atom. The third-order valence-electron chi connectivity index (χ3n) is 9.23. The fraction of sp³-hybridized carbons (Fsp3) is 0.118. The molecule has 0 bridgehead atoms. The molecule has 14 heteroatoms. The Kier molecular flexibility index (Phi) is 5.12. The molecule has 0 saturated carbocycles. The lowest BCUT2D eigenvalue weighted by molar-refractivity contribution is -0.138. The van der Waals surface area contributed by atoms with Gasteiger partial charge >= 0.3 is 24.7 Å². The summed E-state index contributed by atoms with van der Waals surface area (Å²) in [5.41, 5.74) is -3.98. The van der Waals surface area contributed by atoms with Crippen molar-refractivity contribution in [1.82, 2.24) is 8.80 Å². The maximum Gasteiger partial charge on any atom is 0.416 e. The molecule has 0 unspecified atom stereocenters. The Labute approximate surface area is 257 Å². The van der Waals surface area contributed by atoms with E-state index in [0.717, 1.165) is 72.8 Å². The van der Waals surface area contributed by atoms with E-state index in [1.54, 1.807) is 0 Å². The van der Waals surface area contributed by atoms with E-state index in [1.165, 1.54) is 8.80 Å². The van der Waals surface area contributed by atoms with Crippen LogP contribution in [0.4, 0.5) is 52.7 Å². The lowest BCUT2D eigenvalue weighted by Crippen LogP contribution is -2.04. The fourth-order valence-electron chi connectivity index (χ4n) is 7.39. The Hall–Kier alpha value is -5.14. The standard InChI is InChI=1S/C34H12F12N2/c35-31(36,37)13-4-8-22-19(9-13)27-25-17-5-1-15(33(41,42)43)11-23(17)47-21-7-3-14(32(38,39)40)10-20(21)28(29(25)47)26-18-6-2-16(34(44,45)46)12-24(18)48(22)30(26)27/h1-12H. The topological polar surface area (TPSA) is 8.82 Å². The van der Waals surface area contributed by atoms with Crippen molar-refractivity contribution >= 4 is 76.2 Å². The van der Waals surface area contributed by atoms with Crippen molar-refractivity contribution in [2.45, 2.75) is 24.7 Å². The van der Waals surface area contributed by atoms with Gasteiger partial charge in [-0.3, -0.25) is 0 Å². The Bertz CT molecular complexity index is 2630. The van der Waals surface area contributed by atoms with Gasteiger partial charge in [0.2, 0.25) is 0 Å². The molecule has 0 spiro atoms. The summed E-state index contributed by atoms with van der Waals surface area (Å²) in [5, 5.41) is 0.792. The third kappa shape index (κ3) is 3.57. The van der Waals surface area contributed by atoms with E-state index < -0.39 is 47.0 Å². The normalized spacial score (nSPS) is 14.2. The molecule has 0 saturated heterocycles. The van der Waals surface area contributed by atoms with Crippen LogP contribution in [0, 0.1) is 0 Å². The van der Waals surface area contributed by atoms with Gasteiger partial charge in [-0.15, -0.1) is 0 Å². The van der Waals surface area contributed by atoms with E-state index >= 15 is 0 Å². The molecular weight excluding hydrogens is 664 g/mol. The van der Waals surface area contributed by atoms with Crippen LogP contribution in [0.3, 0.4) is 0 Å². The lowest BCUT2D eigenvalue weighted by Gasteiger charge is -2.09. The van der Waals surface area contributed by atoms with Gasteiger partial charge in [0, 0.05) is 43.1 Å². The molecule has 9 rings (SSSR count). The molecule has 0 fully saturated rings. The average molecular weight is 676 g/mol. The van der Waals surface area contributed by atoms with Crippen LogP contribution in [0.1, 0.15) is 22.3 Å². The summed E-state index contributed by atoms with van der Waals surface area (Å²) in [6, 6.07) is 10.9. The number of halogens is 12. The number of aromatic nitrogens is 2. The number of alkyl halides is 12. The lowest BCUT2D eigenvalue weighted by atomic mass is 9.96. The number of hydrogen-bond acceptors (Lipinski definition) is 0. The minimum atomic E-state index is -4.83. The summed E-state index contributed by atoms with van der Waals surface area (Å²) >= 11 is 0. The highest BCUT2D eigenvalue weighted by Gasteiger charge is 2.37. The SMILES string of the molecule is FC(F)(F)c1ccc2c(c1)c1c3c4ccc(C(F)(F)F)cc4n4c5ccc(C(F)(F)F)cc5c(c5c6ccc(C(F)(F)F)cc6n2c15)c34. The van der Waals surface area contributed by atoms with E-state index in [4.69, 9.17) is 0 Å². The monoisotopic (exact) mass is 676 g/mol. The number of nitrogens with zero attached hydrogens (tertiary/aromatic N) is 2. The van der Waals surface area contributed by atoms with Gasteiger partial charge in [0.15, 0.2) is 0 Å². The third-order valence-corrected chi connectivity index (χ3v) is 9.23. The average Bonchev–Trinajstić information content (AvgIpc) is 3.70. The first kappa shape index (κ1) is 29.0. The minimum absolute atomic E-state index is 0.0402. The molecule has 0 aliphatic carbocycles. The Balaban J connectivity index is 1.65. The fourth-order valence-corrected chi connectivity index (χ4v) is 7.39. The van der Waals surface area contributed by atoms with Crippen molar-refractivity contribution in [3.63, 3.8) is 0 Å². The predicted octanol–water partition coefficient (Wildman–Crippen LogP) is 12.1. The maximum atomic E-state index is 14.0. The number of fused-ring (bicyclic) bond motifs is 14. The van der Waals surface area contributed by atoms with Crippen molar-refractivity contribution in [3.05, 3.63) is 95.1 Å². The van der Waals surface area contributed by atoms with E-state index in [9.17, 15) is 52.7 Å². The first-order valence-electron chi connectivity index (χ1n) is 14.1. The molecule has 0 aliphatic heterocycles. The van der Waals surface area contributed by atoms with Crippen molar-refractivity contribution in [2.75, 3.05) is 0 Å². The second-order valence-electron chi connectivity index (χ2n) is 11.8. The first-order valence-corrected chi connectivity index (χ1v) is 14.1. The summed E-state index contributed by atoms with van der Waals surface area (Å²) in [6.45, 7) is 0. The number of benzene rings is 5. The molecule has 0 aliphatic rings. The maximum absolute atomic E-state index is 14.0. The minimum Gasteiger partial charge on any atom is -0.308 e. The van der Waals surface area contributed by atoms with Gasteiger partial charge in [-0.1, -0.05) is 12.1 Å². The van der Waals surface area contributed by atoms with Crippen LogP contribution < -0.4 is 0 Å². The quantitative estimate of drug-likeness (QED) is 0.141. The van der Waals surface area contributed by atoms with Crippen LogP contribution in [0.15, 0.2) is 72.8 Å². The van der Waals surface area contributed by atoms with Crippen LogP contribution >= 0.6 is 0 Å². The molecule has 48 heavy (non-hydrogen) atoms. The van der Waals surface area contributed by atoms with Crippen molar-refractivity contribution < 1.29 is 52.7 Å². The summed E-state index contributed by atoms with van der Waals surface area (Å²) < 4.78 is 171. The molecule has 0 N–H and O–H groups in total. The van der Waals surface area contributed by atoms with E-state index in [1.807, 2.05) is 0 Å². The number of hydrogen-bond donors (Lipinski definition) is 0. The summed E-state index contributed by atoms with van der Waals surface area (Å²) in [5.74, 6) is 0. The molecule has 242 valence electrons. The molecule has 0 amide bonds.